The van der Waals surface area contributed by atoms with Crippen molar-refractivity contribution in [1.29, 1.82) is 0 Å². The highest BCUT2D eigenvalue weighted by Crippen LogP contribution is 1.94. The average molecular weight is 100 g/mol. The van der Waals surface area contributed by atoms with E-state index < -0.39 is 0 Å². The second kappa shape index (κ2) is 1.93. The van der Waals surface area contributed by atoms with E-state index in [2.05, 4.69) is 10.5 Å². The van der Waals surface area contributed by atoms with Crippen LogP contribution in [0.25, 0.3) is 0 Å². The summed E-state index contributed by atoms with van der Waals surface area (Å²) in [7, 11) is 1.66. The largest absolute Gasteiger partial charge is 0.360 e. The summed E-state index contributed by atoms with van der Waals surface area (Å²) in [6.07, 6.45) is 2.81. The van der Waals surface area contributed by atoms with E-state index in [9.17, 15) is 0 Å². The number of ether oxygens (including phenoxy) is 1. The molecule has 3 nitrogen and oxygen atoms in total. The lowest BCUT2D eigenvalue weighted by Gasteiger charge is -2.03. The highest BCUT2D eigenvalue weighted by atomic mass is 16.5. The van der Waals surface area contributed by atoms with Crippen LogP contribution >= 0.6 is 0 Å². The molecule has 0 aromatic carbocycles. The van der Waals surface area contributed by atoms with Crippen molar-refractivity contribution >= 4 is 6.21 Å². The van der Waals surface area contributed by atoms with Gasteiger partial charge >= 0.3 is 0 Å². The van der Waals surface area contributed by atoms with Crippen LogP contribution in [0.4, 0.5) is 0 Å². The van der Waals surface area contributed by atoms with Crippen LogP contribution in [0.1, 0.15) is 6.42 Å². The normalized spacial score (nSPS) is 27.9. The first kappa shape index (κ1) is 4.59. The van der Waals surface area contributed by atoms with E-state index >= 15 is 0 Å². The highest BCUT2D eigenvalue weighted by molar-refractivity contribution is 5.59. The van der Waals surface area contributed by atoms with Crippen LogP contribution in [0.15, 0.2) is 5.10 Å². The Labute approximate surface area is 42.4 Å². The molecule has 3 heteroatoms. The molecule has 0 radical (unpaired) electrons. The third-order valence-corrected chi connectivity index (χ3v) is 0.914. The van der Waals surface area contributed by atoms with E-state index in [1.54, 1.807) is 13.3 Å². The van der Waals surface area contributed by atoms with Crippen LogP contribution in [-0.2, 0) is 4.74 Å². The van der Waals surface area contributed by atoms with Gasteiger partial charge in [-0.15, -0.1) is 0 Å². The summed E-state index contributed by atoms with van der Waals surface area (Å²) in [5.41, 5.74) is 2.75. The van der Waals surface area contributed by atoms with Gasteiger partial charge in [0.25, 0.3) is 0 Å². The number of methoxy groups -OCH3 is 1. The van der Waals surface area contributed by atoms with Gasteiger partial charge in [-0.1, -0.05) is 0 Å². The monoisotopic (exact) mass is 100 g/mol. The summed E-state index contributed by atoms with van der Waals surface area (Å²) in [6.45, 7) is 0. The molecule has 1 aliphatic rings. The molecule has 7 heavy (non-hydrogen) atoms. The van der Waals surface area contributed by atoms with Crippen molar-refractivity contribution in [1.82, 2.24) is 5.43 Å². The maximum atomic E-state index is 4.88. The average Bonchev–Trinajstić information content (AvgIpc) is 2.14. The fourth-order valence-electron chi connectivity index (χ4n) is 0.486. The molecule has 0 amide bonds. The molecule has 40 valence electrons. The SMILES string of the molecule is COC1CC=NN1. The van der Waals surface area contributed by atoms with Gasteiger partial charge in [-0.3, -0.25) is 5.43 Å². The van der Waals surface area contributed by atoms with Gasteiger partial charge in [-0.25, -0.2) is 0 Å². The number of hydrogen-bond donors (Lipinski definition) is 1. The predicted octanol–water partition coefficient (Wildman–Crippen LogP) is -0.0620. The topological polar surface area (TPSA) is 33.6 Å². The first-order valence-corrected chi connectivity index (χ1v) is 2.23. The number of rotatable bonds is 1. The Balaban J connectivity index is 2.22. The second-order valence-electron chi connectivity index (χ2n) is 1.40. The summed E-state index contributed by atoms with van der Waals surface area (Å²) in [5.74, 6) is 0. The smallest absolute Gasteiger partial charge is 0.147 e. The van der Waals surface area contributed by atoms with Crippen LogP contribution in [-0.4, -0.2) is 19.6 Å². The number of nitrogens with zero attached hydrogens (tertiary/aromatic N) is 1. The predicted molar refractivity (Wildman–Crippen MR) is 27.0 cm³/mol. The maximum Gasteiger partial charge on any atom is 0.147 e. The molecule has 1 unspecified atom stereocenters. The van der Waals surface area contributed by atoms with Gasteiger partial charge in [-0.2, -0.15) is 5.10 Å². The van der Waals surface area contributed by atoms with Crippen molar-refractivity contribution in [2.45, 2.75) is 12.6 Å². The molecule has 1 heterocycles. The summed E-state index contributed by atoms with van der Waals surface area (Å²) in [6, 6.07) is 0. The summed E-state index contributed by atoms with van der Waals surface area (Å²) < 4.78 is 4.88. The molecule has 1 rings (SSSR count). The molecule has 0 fully saturated rings. The van der Waals surface area contributed by atoms with Crippen LogP contribution in [0, 0.1) is 0 Å². The van der Waals surface area contributed by atoms with Gasteiger partial charge in [0.15, 0.2) is 0 Å². The van der Waals surface area contributed by atoms with Crippen molar-refractivity contribution < 1.29 is 4.74 Å². The summed E-state index contributed by atoms with van der Waals surface area (Å²) >= 11 is 0. The third kappa shape index (κ3) is 0.899. The molecule has 1 aliphatic heterocycles. The van der Waals surface area contributed by atoms with Crippen LogP contribution < -0.4 is 5.43 Å². The standard InChI is InChI=1S/C4H8N2O/c1-7-4-2-3-5-6-4/h3-4,6H,2H2,1H3. The van der Waals surface area contributed by atoms with Gasteiger partial charge in [0, 0.05) is 19.7 Å². The first-order chi connectivity index (χ1) is 3.43. The number of hydrogen-bond acceptors (Lipinski definition) is 3. The van der Waals surface area contributed by atoms with Gasteiger partial charge in [0.2, 0.25) is 0 Å². The molecule has 0 aliphatic carbocycles. The van der Waals surface area contributed by atoms with E-state index in [0.29, 0.717) is 0 Å². The van der Waals surface area contributed by atoms with Gasteiger partial charge < -0.3 is 4.74 Å². The Hall–Kier alpha value is -0.570. The maximum absolute atomic E-state index is 4.88. The molecule has 0 aromatic rings. The fourth-order valence-corrected chi connectivity index (χ4v) is 0.486. The van der Waals surface area contributed by atoms with Crippen LogP contribution in [0.3, 0.4) is 0 Å². The summed E-state index contributed by atoms with van der Waals surface area (Å²) in [4.78, 5) is 0. The Morgan fingerprint density at radius 3 is 3.14 bits per heavy atom. The highest BCUT2D eigenvalue weighted by Gasteiger charge is 2.05. The quantitative estimate of drug-likeness (QED) is 0.500. The zero-order valence-electron chi connectivity index (χ0n) is 4.22. The zero-order chi connectivity index (χ0) is 5.11. The Bertz CT molecular complexity index is 73.8. The third-order valence-electron chi connectivity index (χ3n) is 0.914. The van der Waals surface area contributed by atoms with Gasteiger partial charge in [0.1, 0.15) is 6.23 Å². The van der Waals surface area contributed by atoms with E-state index in [-0.39, 0.29) is 6.23 Å². The molecule has 0 saturated heterocycles. The molecule has 0 aromatic heterocycles. The van der Waals surface area contributed by atoms with E-state index in [1.807, 2.05) is 0 Å². The molecule has 1 N–H and O–H groups in total. The molecule has 0 spiro atoms. The van der Waals surface area contributed by atoms with Crippen molar-refractivity contribution in [2.24, 2.45) is 5.10 Å². The lowest BCUT2D eigenvalue weighted by molar-refractivity contribution is 0.0898. The molecule has 1 atom stereocenters. The fraction of sp³-hybridized carbons (Fsp3) is 0.750. The van der Waals surface area contributed by atoms with Crippen LogP contribution in [0.2, 0.25) is 0 Å². The van der Waals surface area contributed by atoms with Gasteiger partial charge in [0.05, 0.1) is 0 Å². The van der Waals surface area contributed by atoms with Gasteiger partial charge in [-0.05, 0) is 0 Å². The van der Waals surface area contributed by atoms with E-state index in [1.165, 1.54) is 0 Å². The minimum Gasteiger partial charge on any atom is -0.360 e. The summed E-state index contributed by atoms with van der Waals surface area (Å²) in [5, 5.41) is 3.74. The molecule has 0 saturated carbocycles. The Morgan fingerprint density at radius 1 is 2.00 bits per heavy atom. The zero-order valence-corrected chi connectivity index (χ0v) is 4.22. The molecular formula is C4H8N2O. The van der Waals surface area contributed by atoms with Crippen LogP contribution in [0.5, 0.6) is 0 Å². The second-order valence-corrected chi connectivity index (χ2v) is 1.40. The lowest BCUT2D eigenvalue weighted by atomic mass is 10.4. The minimum atomic E-state index is 0.125. The first-order valence-electron chi connectivity index (χ1n) is 2.23. The Morgan fingerprint density at radius 2 is 2.86 bits per heavy atom. The van der Waals surface area contributed by atoms with Crippen molar-refractivity contribution in [3.8, 4) is 0 Å². The van der Waals surface area contributed by atoms with Crippen molar-refractivity contribution in [2.75, 3.05) is 7.11 Å². The Kier molecular flexibility index (Phi) is 1.26. The van der Waals surface area contributed by atoms with Crippen molar-refractivity contribution in [3.05, 3.63) is 0 Å². The number of hydrazone groups is 1. The van der Waals surface area contributed by atoms with Crippen molar-refractivity contribution in [3.63, 3.8) is 0 Å². The minimum absolute atomic E-state index is 0.125. The lowest BCUT2D eigenvalue weighted by Crippen LogP contribution is -2.20. The van der Waals surface area contributed by atoms with E-state index in [0.717, 1.165) is 6.42 Å². The van der Waals surface area contributed by atoms with E-state index in [4.69, 9.17) is 4.74 Å². The number of nitrogens with one attached hydrogen (secondary N) is 1. The molecular weight excluding hydrogens is 92.1 g/mol. The molecule has 0 bridgehead atoms.